The first-order valence-corrected chi connectivity index (χ1v) is 6.12. The van der Waals surface area contributed by atoms with Gasteiger partial charge in [-0.1, -0.05) is 23.5 Å². The largest absolute Gasteiger partial charge is 0.374 e. The molecule has 0 spiro atoms. The molecule has 6 heteroatoms. The first kappa shape index (κ1) is 11.0. The quantitative estimate of drug-likeness (QED) is 0.730. The van der Waals surface area contributed by atoms with Crippen molar-refractivity contribution < 1.29 is 4.39 Å². The summed E-state index contributed by atoms with van der Waals surface area (Å²) in [6.45, 7) is 1.82. The molecule has 0 atom stereocenters. The molecule has 3 rings (SSSR count). The molecule has 0 aliphatic heterocycles. The van der Waals surface area contributed by atoms with Gasteiger partial charge in [0.2, 0.25) is 5.13 Å². The molecule has 1 aromatic carbocycles. The third-order valence-electron chi connectivity index (χ3n) is 2.59. The normalized spacial score (nSPS) is 11.0. The molecule has 0 unspecified atom stereocenters. The Bertz CT molecular complexity index is 738. The summed E-state index contributed by atoms with van der Waals surface area (Å²) in [6, 6.07) is 6.73. The van der Waals surface area contributed by atoms with Crippen molar-refractivity contribution in [2.24, 2.45) is 0 Å². The molecule has 18 heavy (non-hydrogen) atoms. The predicted molar refractivity (Wildman–Crippen MR) is 69.8 cm³/mol. The number of fused-ring (bicyclic) bond motifs is 1. The van der Waals surface area contributed by atoms with Gasteiger partial charge in [-0.3, -0.25) is 0 Å². The van der Waals surface area contributed by atoms with Crippen molar-refractivity contribution in [2.75, 3.05) is 5.73 Å². The maximum atomic E-state index is 13.7. The fourth-order valence-corrected chi connectivity index (χ4v) is 2.50. The summed E-state index contributed by atoms with van der Waals surface area (Å²) in [6.07, 6.45) is 0. The number of para-hydroxylation sites is 1. The summed E-state index contributed by atoms with van der Waals surface area (Å²) in [7, 11) is 0. The van der Waals surface area contributed by atoms with Gasteiger partial charge >= 0.3 is 0 Å². The lowest BCUT2D eigenvalue weighted by Crippen LogP contribution is -1.91. The summed E-state index contributed by atoms with van der Waals surface area (Å²) in [5.41, 5.74) is 7.48. The molecule has 0 radical (unpaired) electrons. The maximum absolute atomic E-state index is 13.7. The third-order valence-corrected chi connectivity index (χ3v) is 3.38. The minimum atomic E-state index is -0.338. The minimum Gasteiger partial charge on any atom is -0.374 e. The van der Waals surface area contributed by atoms with E-state index in [1.54, 1.807) is 6.07 Å². The van der Waals surface area contributed by atoms with Gasteiger partial charge in [0.15, 0.2) is 0 Å². The molecule has 0 saturated heterocycles. The molecule has 4 nitrogen and oxygen atoms in total. The van der Waals surface area contributed by atoms with Crippen molar-refractivity contribution in [3.05, 3.63) is 35.8 Å². The van der Waals surface area contributed by atoms with Crippen LogP contribution >= 0.6 is 11.3 Å². The summed E-state index contributed by atoms with van der Waals surface area (Å²) < 4.78 is 13.7. The van der Waals surface area contributed by atoms with Gasteiger partial charge in [0, 0.05) is 16.6 Å². The highest BCUT2D eigenvalue weighted by atomic mass is 32.1. The van der Waals surface area contributed by atoms with Gasteiger partial charge < -0.3 is 5.73 Å². The maximum Gasteiger partial charge on any atom is 0.203 e. The molecule has 0 bridgehead atoms. The number of anilines is 1. The average Bonchev–Trinajstić information content (AvgIpc) is 2.76. The first-order valence-electron chi connectivity index (χ1n) is 5.30. The highest BCUT2D eigenvalue weighted by Crippen LogP contribution is 2.32. The van der Waals surface area contributed by atoms with E-state index in [-0.39, 0.29) is 5.82 Å². The summed E-state index contributed by atoms with van der Waals surface area (Å²) in [5, 5.41) is 9.57. The molecule has 0 fully saturated rings. The Balaban J connectivity index is 2.38. The van der Waals surface area contributed by atoms with Crippen LogP contribution in [0.15, 0.2) is 24.3 Å². The van der Waals surface area contributed by atoms with Crippen molar-refractivity contribution in [3.8, 4) is 10.6 Å². The fraction of sp³-hybridized carbons (Fsp3) is 0.0833. The monoisotopic (exact) mass is 260 g/mol. The fourth-order valence-electron chi connectivity index (χ4n) is 1.86. The second-order valence-corrected chi connectivity index (χ2v) is 4.90. The molecule has 0 amide bonds. The zero-order valence-corrected chi connectivity index (χ0v) is 10.3. The predicted octanol–water partition coefficient (Wildman–Crippen LogP) is 2.78. The van der Waals surface area contributed by atoms with Crippen LogP contribution < -0.4 is 5.73 Å². The SMILES string of the molecule is Cc1cc(-c2nnc(N)s2)c2cccc(F)c2n1. The van der Waals surface area contributed by atoms with E-state index in [1.165, 1.54) is 17.4 Å². The number of aryl methyl sites for hydroxylation is 1. The number of nitrogens with two attached hydrogens (primary N) is 1. The molecule has 0 aliphatic carbocycles. The van der Waals surface area contributed by atoms with E-state index < -0.39 is 0 Å². The van der Waals surface area contributed by atoms with Crippen LogP contribution in [0.4, 0.5) is 9.52 Å². The number of pyridine rings is 1. The highest BCUT2D eigenvalue weighted by molar-refractivity contribution is 7.18. The molecule has 3 aromatic rings. The lowest BCUT2D eigenvalue weighted by Gasteiger charge is -2.05. The number of aromatic nitrogens is 3. The number of benzene rings is 1. The van der Waals surface area contributed by atoms with Crippen molar-refractivity contribution in [2.45, 2.75) is 6.92 Å². The van der Waals surface area contributed by atoms with Crippen LogP contribution in [0.5, 0.6) is 0 Å². The lowest BCUT2D eigenvalue weighted by atomic mass is 10.1. The van der Waals surface area contributed by atoms with Gasteiger partial charge in [-0.15, -0.1) is 10.2 Å². The number of hydrogen-bond donors (Lipinski definition) is 1. The van der Waals surface area contributed by atoms with E-state index in [4.69, 9.17) is 5.73 Å². The van der Waals surface area contributed by atoms with E-state index in [0.29, 0.717) is 15.7 Å². The average molecular weight is 260 g/mol. The minimum absolute atomic E-state index is 0.338. The summed E-state index contributed by atoms with van der Waals surface area (Å²) >= 11 is 1.28. The van der Waals surface area contributed by atoms with E-state index in [9.17, 15) is 4.39 Å². The molecular weight excluding hydrogens is 251 g/mol. The molecular formula is C12H9FN4S. The van der Waals surface area contributed by atoms with Crippen LogP contribution in [0, 0.1) is 12.7 Å². The molecule has 0 saturated carbocycles. The first-order chi connectivity index (χ1) is 8.65. The number of nitrogens with zero attached hydrogens (tertiary/aromatic N) is 3. The van der Waals surface area contributed by atoms with Gasteiger partial charge in [0.05, 0.1) is 0 Å². The van der Waals surface area contributed by atoms with Gasteiger partial charge in [-0.2, -0.15) is 0 Å². The molecule has 2 heterocycles. The van der Waals surface area contributed by atoms with Crippen molar-refractivity contribution in [1.82, 2.24) is 15.2 Å². The zero-order valence-electron chi connectivity index (χ0n) is 9.51. The van der Waals surface area contributed by atoms with E-state index in [0.717, 1.165) is 16.6 Å². The van der Waals surface area contributed by atoms with E-state index in [2.05, 4.69) is 15.2 Å². The summed E-state index contributed by atoms with van der Waals surface area (Å²) in [4.78, 5) is 4.22. The lowest BCUT2D eigenvalue weighted by molar-refractivity contribution is 0.636. The number of rotatable bonds is 1. The topological polar surface area (TPSA) is 64.7 Å². The van der Waals surface area contributed by atoms with Crippen LogP contribution in [0.25, 0.3) is 21.5 Å². The van der Waals surface area contributed by atoms with Crippen molar-refractivity contribution in [1.29, 1.82) is 0 Å². The van der Waals surface area contributed by atoms with Crippen LogP contribution in [-0.2, 0) is 0 Å². The van der Waals surface area contributed by atoms with Crippen LogP contribution in [0.3, 0.4) is 0 Å². The Labute approximate surface area is 106 Å². The third kappa shape index (κ3) is 1.70. The standard InChI is InChI=1S/C12H9FN4S/c1-6-5-8(11-16-17-12(14)18-11)7-3-2-4-9(13)10(7)15-6/h2-5H,1H3,(H2,14,17). The van der Waals surface area contributed by atoms with Crippen molar-refractivity contribution in [3.63, 3.8) is 0 Å². The molecule has 0 aliphatic rings. The van der Waals surface area contributed by atoms with Gasteiger partial charge in [-0.05, 0) is 19.1 Å². The van der Waals surface area contributed by atoms with E-state index >= 15 is 0 Å². The Morgan fingerprint density at radius 2 is 2.11 bits per heavy atom. The second-order valence-electron chi connectivity index (χ2n) is 3.89. The van der Waals surface area contributed by atoms with Gasteiger partial charge in [0.25, 0.3) is 0 Å². The summed E-state index contributed by atoms with van der Waals surface area (Å²) in [5.74, 6) is -0.338. The number of halogens is 1. The Hall–Kier alpha value is -2.08. The Morgan fingerprint density at radius 1 is 1.28 bits per heavy atom. The number of hydrogen-bond acceptors (Lipinski definition) is 5. The molecule has 90 valence electrons. The van der Waals surface area contributed by atoms with Gasteiger partial charge in [-0.25, -0.2) is 9.37 Å². The second kappa shape index (κ2) is 3.99. The molecule has 2 N–H and O–H groups in total. The zero-order chi connectivity index (χ0) is 12.7. The van der Waals surface area contributed by atoms with Gasteiger partial charge in [0.1, 0.15) is 16.3 Å². The van der Waals surface area contributed by atoms with Crippen LogP contribution in [0.1, 0.15) is 5.69 Å². The highest BCUT2D eigenvalue weighted by Gasteiger charge is 2.12. The van der Waals surface area contributed by atoms with Crippen LogP contribution in [0.2, 0.25) is 0 Å². The molecule has 2 aromatic heterocycles. The Kier molecular flexibility index (Phi) is 2.45. The smallest absolute Gasteiger partial charge is 0.203 e. The van der Waals surface area contributed by atoms with Crippen LogP contribution in [-0.4, -0.2) is 15.2 Å². The van der Waals surface area contributed by atoms with Crippen molar-refractivity contribution >= 4 is 27.4 Å². The Morgan fingerprint density at radius 3 is 2.83 bits per heavy atom. The van der Waals surface area contributed by atoms with E-state index in [1.807, 2.05) is 19.1 Å². The number of nitrogen functional groups attached to an aromatic ring is 1.